The highest BCUT2D eigenvalue weighted by atomic mass is 16.6. The van der Waals surface area contributed by atoms with E-state index in [-0.39, 0.29) is 17.9 Å². The molecule has 9 nitrogen and oxygen atoms in total. The number of alkyl carbamates (subject to hydrolysis) is 1. The lowest BCUT2D eigenvalue weighted by atomic mass is 9.82. The third-order valence-electron chi connectivity index (χ3n) is 8.26. The predicted molar refractivity (Wildman–Crippen MR) is 162 cm³/mol. The van der Waals surface area contributed by atoms with Crippen molar-refractivity contribution in [1.82, 2.24) is 20.9 Å². The lowest BCUT2D eigenvalue weighted by Gasteiger charge is -2.33. The Morgan fingerprint density at radius 3 is 2.17 bits per heavy atom. The van der Waals surface area contributed by atoms with Crippen molar-refractivity contribution in [2.24, 2.45) is 17.8 Å². The number of hydrogen-bond donors (Lipinski definition) is 3. The molecule has 1 aliphatic heterocycles. The molecule has 1 saturated heterocycles. The van der Waals surface area contributed by atoms with Gasteiger partial charge in [-0.3, -0.25) is 9.59 Å². The van der Waals surface area contributed by atoms with Crippen molar-refractivity contribution in [2.75, 3.05) is 37.6 Å². The van der Waals surface area contributed by atoms with Crippen molar-refractivity contribution in [1.29, 1.82) is 0 Å². The standard InChI is InChI=1S/C32H47N5O4/c1-22(38)33-16-13-23-14-17-37(18-15-23)29-19-27(26-7-5-6-8-28(26)36-29)30(39)34-20-24-9-11-25(12-10-24)21-35-31(40)41-32(2,3)4/h5-8,19,23-25H,9-18,20-21H2,1-4H3,(H,33,38)(H,34,39)(H,35,40). The summed E-state index contributed by atoms with van der Waals surface area (Å²) >= 11 is 0. The minimum Gasteiger partial charge on any atom is -0.444 e. The fourth-order valence-electron chi connectivity index (χ4n) is 5.93. The third-order valence-corrected chi connectivity index (χ3v) is 8.26. The van der Waals surface area contributed by atoms with E-state index in [1.54, 1.807) is 6.92 Å². The van der Waals surface area contributed by atoms with Gasteiger partial charge in [-0.25, -0.2) is 9.78 Å². The molecule has 1 saturated carbocycles. The van der Waals surface area contributed by atoms with Gasteiger partial charge in [0.1, 0.15) is 11.4 Å². The zero-order chi connectivity index (χ0) is 29.4. The van der Waals surface area contributed by atoms with E-state index in [1.165, 1.54) is 0 Å². The summed E-state index contributed by atoms with van der Waals surface area (Å²) in [5.41, 5.74) is 1.02. The number of hydrogen-bond acceptors (Lipinski definition) is 6. The van der Waals surface area contributed by atoms with Crippen molar-refractivity contribution in [3.8, 4) is 0 Å². The maximum atomic E-state index is 13.5. The zero-order valence-corrected chi connectivity index (χ0v) is 25.1. The van der Waals surface area contributed by atoms with Crippen LogP contribution in [0.15, 0.2) is 30.3 Å². The molecular formula is C32H47N5O4. The van der Waals surface area contributed by atoms with E-state index < -0.39 is 5.60 Å². The van der Waals surface area contributed by atoms with Crippen molar-refractivity contribution in [2.45, 2.75) is 78.2 Å². The zero-order valence-electron chi connectivity index (χ0n) is 25.1. The summed E-state index contributed by atoms with van der Waals surface area (Å²) in [4.78, 5) is 43.8. The molecule has 0 bridgehead atoms. The van der Waals surface area contributed by atoms with Crippen molar-refractivity contribution < 1.29 is 19.1 Å². The molecule has 2 heterocycles. The second-order valence-electron chi connectivity index (χ2n) is 12.7. The first-order valence-corrected chi connectivity index (χ1v) is 15.2. The predicted octanol–water partition coefficient (Wildman–Crippen LogP) is 5.04. The maximum absolute atomic E-state index is 13.5. The van der Waals surface area contributed by atoms with Crippen LogP contribution in [0.1, 0.15) is 83.0 Å². The van der Waals surface area contributed by atoms with E-state index in [9.17, 15) is 14.4 Å². The first-order valence-electron chi connectivity index (χ1n) is 15.2. The van der Waals surface area contributed by atoms with Gasteiger partial charge in [0.15, 0.2) is 0 Å². The largest absolute Gasteiger partial charge is 0.444 e. The number of pyridine rings is 1. The highest BCUT2D eigenvalue weighted by Crippen LogP contribution is 2.30. The molecule has 0 atom stereocenters. The average molecular weight is 566 g/mol. The molecule has 1 aliphatic carbocycles. The van der Waals surface area contributed by atoms with Crippen molar-refractivity contribution in [3.05, 3.63) is 35.9 Å². The number of nitrogens with one attached hydrogen (secondary N) is 3. The molecule has 2 aromatic rings. The molecule has 41 heavy (non-hydrogen) atoms. The SMILES string of the molecule is CC(=O)NCCC1CCN(c2cc(C(=O)NCC3CCC(CNC(=O)OC(C)(C)C)CC3)c3ccccc3n2)CC1. The van der Waals surface area contributed by atoms with Gasteiger partial charge in [-0.15, -0.1) is 0 Å². The van der Waals surface area contributed by atoms with Crippen LogP contribution in [0.3, 0.4) is 0 Å². The Morgan fingerprint density at radius 2 is 1.54 bits per heavy atom. The van der Waals surface area contributed by atoms with E-state index in [0.717, 1.165) is 81.3 Å². The fourth-order valence-corrected chi connectivity index (χ4v) is 5.93. The molecule has 0 spiro atoms. The number of fused-ring (bicyclic) bond motifs is 1. The van der Waals surface area contributed by atoms with E-state index in [1.807, 2.05) is 51.1 Å². The van der Waals surface area contributed by atoms with Gasteiger partial charge in [-0.05, 0) is 95.6 Å². The maximum Gasteiger partial charge on any atom is 0.407 e. The minimum absolute atomic E-state index is 0.0221. The number of benzene rings is 1. The lowest BCUT2D eigenvalue weighted by Crippen LogP contribution is -2.37. The molecule has 4 rings (SSSR count). The Labute approximate surface area is 244 Å². The number of ether oxygens (including phenoxy) is 1. The van der Waals surface area contributed by atoms with Crippen LogP contribution >= 0.6 is 0 Å². The van der Waals surface area contributed by atoms with Crippen LogP contribution in [-0.2, 0) is 9.53 Å². The van der Waals surface area contributed by atoms with Gasteiger partial charge in [0, 0.05) is 45.0 Å². The van der Waals surface area contributed by atoms with Crippen LogP contribution in [0.5, 0.6) is 0 Å². The Morgan fingerprint density at radius 1 is 0.902 bits per heavy atom. The third kappa shape index (κ3) is 9.33. The fraction of sp³-hybridized carbons (Fsp3) is 0.625. The first kappa shape index (κ1) is 30.6. The van der Waals surface area contributed by atoms with Gasteiger partial charge < -0.3 is 25.6 Å². The van der Waals surface area contributed by atoms with Crippen molar-refractivity contribution in [3.63, 3.8) is 0 Å². The van der Waals surface area contributed by atoms with E-state index in [4.69, 9.17) is 9.72 Å². The molecule has 0 radical (unpaired) electrons. The van der Waals surface area contributed by atoms with E-state index >= 15 is 0 Å². The summed E-state index contributed by atoms with van der Waals surface area (Å²) in [5.74, 6) is 2.28. The second kappa shape index (κ2) is 14.0. The van der Waals surface area contributed by atoms with Crippen LogP contribution in [0.2, 0.25) is 0 Å². The summed E-state index contributed by atoms with van der Waals surface area (Å²) < 4.78 is 5.34. The summed E-state index contributed by atoms with van der Waals surface area (Å²) in [6.45, 7) is 10.9. The van der Waals surface area contributed by atoms with Crippen LogP contribution in [-0.4, -0.2) is 61.2 Å². The quantitative estimate of drug-likeness (QED) is 0.393. The summed E-state index contributed by atoms with van der Waals surface area (Å²) in [7, 11) is 0. The lowest BCUT2D eigenvalue weighted by molar-refractivity contribution is -0.119. The van der Waals surface area contributed by atoms with Gasteiger partial charge >= 0.3 is 6.09 Å². The number of nitrogens with zero attached hydrogens (tertiary/aromatic N) is 2. The smallest absolute Gasteiger partial charge is 0.407 e. The van der Waals surface area contributed by atoms with Gasteiger partial charge in [0.2, 0.25) is 5.91 Å². The highest BCUT2D eigenvalue weighted by molar-refractivity contribution is 6.07. The number of amides is 3. The molecule has 3 N–H and O–H groups in total. The van der Waals surface area contributed by atoms with E-state index in [2.05, 4.69) is 20.9 Å². The minimum atomic E-state index is -0.493. The number of aromatic nitrogens is 1. The van der Waals surface area contributed by atoms with Crippen LogP contribution < -0.4 is 20.9 Å². The molecule has 0 unspecified atom stereocenters. The van der Waals surface area contributed by atoms with Crippen LogP contribution in [0, 0.1) is 17.8 Å². The number of carbonyl (C=O) groups is 3. The first-order chi connectivity index (χ1) is 19.6. The van der Waals surface area contributed by atoms with Gasteiger partial charge in [0.05, 0.1) is 11.1 Å². The van der Waals surface area contributed by atoms with Gasteiger partial charge in [-0.2, -0.15) is 0 Å². The molecule has 224 valence electrons. The summed E-state index contributed by atoms with van der Waals surface area (Å²) in [6.07, 6.45) is 6.84. The molecular weight excluding hydrogens is 518 g/mol. The average Bonchev–Trinajstić information content (AvgIpc) is 2.94. The number of anilines is 1. The summed E-state index contributed by atoms with van der Waals surface area (Å²) in [5, 5.41) is 9.89. The van der Waals surface area contributed by atoms with Gasteiger partial charge in [-0.1, -0.05) is 18.2 Å². The topological polar surface area (TPSA) is 113 Å². The highest BCUT2D eigenvalue weighted by Gasteiger charge is 2.25. The number of para-hydroxylation sites is 1. The molecule has 2 fully saturated rings. The van der Waals surface area contributed by atoms with Crippen LogP contribution in [0.4, 0.5) is 10.6 Å². The molecule has 2 aliphatic rings. The van der Waals surface area contributed by atoms with E-state index in [0.29, 0.717) is 36.4 Å². The molecule has 1 aromatic heterocycles. The number of carbonyl (C=O) groups excluding carboxylic acids is 3. The molecule has 1 aromatic carbocycles. The Bertz CT molecular complexity index is 1190. The monoisotopic (exact) mass is 565 g/mol. The Kier molecular flexibility index (Phi) is 10.5. The second-order valence-corrected chi connectivity index (χ2v) is 12.7. The normalized spacial score (nSPS) is 20.0. The number of rotatable bonds is 9. The molecule has 3 amide bonds. The Hall–Kier alpha value is -3.36. The van der Waals surface area contributed by atoms with Gasteiger partial charge in [0.25, 0.3) is 5.91 Å². The Balaban J connectivity index is 1.29. The summed E-state index contributed by atoms with van der Waals surface area (Å²) in [6, 6.07) is 9.81. The number of piperidine rings is 1. The van der Waals surface area contributed by atoms with Crippen molar-refractivity contribution >= 4 is 34.6 Å². The molecule has 9 heteroatoms. The van der Waals surface area contributed by atoms with Crippen LogP contribution in [0.25, 0.3) is 10.9 Å².